The van der Waals surface area contributed by atoms with Crippen molar-refractivity contribution in [1.29, 1.82) is 0 Å². The first-order valence-electron chi connectivity index (χ1n) is 3.77. The van der Waals surface area contributed by atoms with Crippen LogP contribution in [0.15, 0.2) is 12.8 Å². The van der Waals surface area contributed by atoms with Crippen LogP contribution in [0.4, 0.5) is 0 Å². The summed E-state index contributed by atoms with van der Waals surface area (Å²) in [6, 6.07) is 0. The van der Waals surface area contributed by atoms with E-state index in [4.69, 9.17) is 9.47 Å². The first-order chi connectivity index (χ1) is 5.27. The third-order valence-electron chi connectivity index (χ3n) is 1.13. The van der Waals surface area contributed by atoms with Crippen molar-refractivity contribution in [3.63, 3.8) is 0 Å². The van der Waals surface area contributed by atoms with Crippen LogP contribution in [-0.4, -0.2) is 19.3 Å². The van der Waals surface area contributed by atoms with Crippen LogP contribution < -0.4 is 0 Å². The molecule has 2 nitrogen and oxygen atoms in total. The van der Waals surface area contributed by atoms with Crippen LogP contribution >= 0.6 is 0 Å². The van der Waals surface area contributed by atoms with Gasteiger partial charge in [-0.1, -0.05) is 6.58 Å². The quantitative estimate of drug-likeness (QED) is 0.414. The van der Waals surface area contributed by atoms with Crippen LogP contribution in [0, 0.1) is 13.8 Å². The van der Waals surface area contributed by atoms with E-state index in [1.54, 1.807) is 0 Å². The summed E-state index contributed by atoms with van der Waals surface area (Å²) in [7, 11) is 0. The van der Waals surface area contributed by atoms with Gasteiger partial charge in [0, 0.05) is 6.61 Å². The summed E-state index contributed by atoms with van der Waals surface area (Å²) in [4.78, 5) is 0. The highest BCUT2D eigenvalue weighted by Crippen LogP contribution is 1.94. The fourth-order valence-electron chi connectivity index (χ4n) is 0.621. The minimum Gasteiger partial charge on any atom is -0.502 e. The molecule has 0 N–H and O–H groups in total. The second-order valence-corrected chi connectivity index (χ2v) is 2.24. The highest BCUT2D eigenvalue weighted by Gasteiger charge is 1.92. The Morgan fingerprint density at radius 3 is 2.36 bits per heavy atom. The lowest BCUT2D eigenvalue weighted by molar-refractivity contribution is 0.103. The molecule has 0 rings (SSSR count). The Kier molecular flexibility index (Phi) is 7.26. The summed E-state index contributed by atoms with van der Waals surface area (Å²) in [6.07, 6.45) is 3.26. The molecule has 0 heterocycles. The van der Waals surface area contributed by atoms with Crippen molar-refractivity contribution in [2.24, 2.45) is 0 Å². The van der Waals surface area contributed by atoms with Gasteiger partial charge in [0.05, 0.1) is 19.0 Å². The van der Waals surface area contributed by atoms with Crippen LogP contribution in [-0.2, 0) is 9.47 Å². The largest absolute Gasteiger partial charge is 0.502 e. The molecule has 0 atom stereocenters. The van der Waals surface area contributed by atoms with E-state index in [9.17, 15) is 0 Å². The first-order valence-corrected chi connectivity index (χ1v) is 3.77. The van der Waals surface area contributed by atoms with Gasteiger partial charge in [-0.2, -0.15) is 0 Å². The average Bonchev–Trinajstić information content (AvgIpc) is 1.96. The molecule has 0 aromatic heterocycles. The van der Waals surface area contributed by atoms with Gasteiger partial charge >= 0.3 is 0 Å². The topological polar surface area (TPSA) is 18.5 Å². The summed E-state index contributed by atoms with van der Waals surface area (Å²) in [5.41, 5.74) is 0. The van der Waals surface area contributed by atoms with Crippen LogP contribution in [0.2, 0.25) is 0 Å². The predicted octanol–water partition coefficient (Wildman–Crippen LogP) is 1.98. The summed E-state index contributed by atoms with van der Waals surface area (Å²) in [6.45, 7) is 12.0. The third-order valence-corrected chi connectivity index (χ3v) is 1.13. The number of ether oxygens (including phenoxy) is 2. The monoisotopic (exact) mass is 156 g/mol. The molecule has 0 aliphatic heterocycles. The molecule has 0 aromatic carbocycles. The minimum absolute atomic E-state index is 0.157. The molecule has 0 amide bonds. The Labute approximate surface area is 69.2 Å². The molecule has 64 valence electrons. The predicted molar refractivity (Wildman–Crippen MR) is 45.8 cm³/mol. The van der Waals surface area contributed by atoms with Crippen LogP contribution in [0.5, 0.6) is 0 Å². The molecule has 0 unspecified atom stereocenters. The molecule has 0 saturated carbocycles. The van der Waals surface area contributed by atoms with Gasteiger partial charge in [0.15, 0.2) is 0 Å². The Morgan fingerprint density at radius 1 is 1.18 bits per heavy atom. The minimum atomic E-state index is -0.157. The standard InChI is InChI=1S/C9H16O2/c1-4-10-7-5-6-8-11-9(2)3/h4,9H,1-3,5-8H2. The molecule has 11 heavy (non-hydrogen) atoms. The summed E-state index contributed by atoms with van der Waals surface area (Å²) in [5, 5.41) is 0. The van der Waals surface area contributed by atoms with Gasteiger partial charge in [0.1, 0.15) is 0 Å². The van der Waals surface area contributed by atoms with E-state index in [1.807, 2.05) is 0 Å². The van der Waals surface area contributed by atoms with Crippen molar-refractivity contribution < 1.29 is 9.47 Å². The molecule has 0 spiro atoms. The highest BCUT2D eigenvalue weighted by atomic mass is 16.5. The second kappa shape index (κ2) is 7.61. The molecular weight excluding hydrogens is 140 g/mol. The maximum absolute atomic E-state index is 5.12. The molecule has 0 bridgehead atoms. The van der Waals surface area contributed by atoms with Gasteiger partial charge in [0.25, 0.3) is 0 Å². The number of hydrogen-bond donors (Lipinski definition) is 0. The maximum atomic E-state index is 5.12. The van der Waals surface area contributed by atoms with Gasteiger partial charge in [-0.05, 0) is 26.7 Å². The van der Waals surface area contributed by atoms with Crippen molar-refractivity contribution in [1.82, 2.24) is 0 Å². The van der Waals surface area contributed by atoms with Crippen LogP contribution in [0.25, 0.3) is 0 Å². The van der Waals surface area contributed by atoms with E-state index in [0.29, 0.717) is 13.2 Å². The van der Waals surface area contributed by atoms with Gasteiger partial charge in [-0.3, -0.25) is 0 Å². The number of rotatable bonds is 7. The van der Waals surface area contributed by atoms with E-state index >= 15 is 0 Å². The van der Waals surface area contributed by atoms with Crippen LogP contribution in [0.3, 0.4) is 0 Å². The fourth-order valence-corrected chi connectivity index (χ4v) is 0.621. The normalized spacial score (nSPS) is 10.1. The van der Waals surface area contributed by atoms with E-state index in [0.717, 1.165) is 12.8 Å². The fraction of sp³-hybridized carbons (Fsp3) is 0.556. The third kappa shape index (κ3) is 9.50. The lowest BCUT2D eigenvalue weighted by atomic mass is 10.3. The van der Waals surface area contributed by atoms with E-state index in [2.05, 4.69) is 20.4 Å². The number of hydrogen-bond acceptors (Lipinski definition) is 2. The zero-order valence-electron chi connectivity index (χ0n) is 6.92. The van der Waals surface area contributed by atoms with Gasteiger partial charge < -0.3 is 9.47 Å². The molecule has 2 heteroatoms. The van der Waals surface area contributed by atoms with E-state index in [-0.39, 0.29) is 6.10 Å². The highest BCUT2D eigenvalue weighted by molar-refractivity contribution is 4.60. The molecule has 0 aliphatic carbocycles. The van der Waals surface area contributed by atoms with Gasteiger partial charge in [-0.25, -0.2) is 0 Å². The lowest BCUT2D eigenvalue weighted by Crippen LogP contribution is -2.05. The van der Waals surface area contributed by atoms with E-state index < -0.39 is 0 Å². The molecule has 0 saturated heterocycles. The van der Waals surface area contributed by atoms with Gasteiger partial charge in [-0.15, -0.1) is 0 Å². The number of unbranched alkanes of at least 4 members (excludes halogenated alkanes) is 1. The molecule has 0 aromatic rings. The van der Waals surface area contributed by atoms with E-state index in [1.165, 1.54) is 6.26 Å². The molecule has 0 aliphatic rings. The van der Waals surface area contributed by atoms with Crippen LogP contribution in [0.1, 0.15) is 12.8 Å². The zero-order valence-corrected chi connectivity index (χ0v) is 6.92. The lowest BCUT2D eigenvalue weighted by Gasteiger charge is -2.06. The Morgan fingerprint density at radius 2 is 1.82 bits per heavy atom. The molecule has 2 radical (unpaired) electrons. The molecule has 0 fully saturated rings. The SMILES string of the molecule is [CH2]C([CH2])OCCCCOC=C. The Balaban J connectivity index is 2.85. The Bertz CT molecular complexity index is 89.6. The van der Waals surface area contributed by atoms with Crippen molar-refractivity contribution in [2.75, 3.05) is 13.2 Å². The zero-order chi connectivity index (χ0) is 8.53. The molecular formula is C9H16O2. The first kappa shape index (κ1) is 10.5. The summed E-state index contributed by atoms with van der Waals surface area (Å²) in [5.74, 6) is 0. The smallest absolute Gasteiger partial charge is 0.0873 e. The van der Waals surface area contributed by atoms with Crippen molar-refractivity contribution >= 4 is 0 Å². The Hall–Kier alpha value is -0.500. The summed E-state index contributed by atoms with van der Waals surface area (Å²) >= 11 is 0. The van der Waals surface area contributed by atoms with Crippen molar-refractivity contribution in [3.05, 3.63) is 26.7 Å². The van der Waals surface area contributed by atoms with Crippen molar-refractivity contribution in [2.45, 2.75) is 18.9 Å². The maximum Gasteiger partial charge on any atom is 0.0873 e. The second-order valence-electron chi connectivity index (χ2n) is 2.24. The summed E-state index contributed by atoms with van der Waals surface area (Å²) < 4.78 is 10.0. The average molecular weight is 156 g/mol. The van der Waals surface area contributed by atoms with Gasteiger partial charge in [0.2, 0.25) is 0 Å². The van der Waals surface area contributed by atoms with Crippen molar-refractivity contribution in [3.8, 4) is 0 Å².